The minimum absolute atomic E-state index is 0.369. The van der Waals surface area contributed by atoms with Gasteiger partial charge >= 0.3 is 0 Å². The Morgan fingerprint density at radius 3 is 3.20 bits per heavy atom. The van der Waals surface area contributed by atoms with Crippen LogP contribution in [-0.4, -0.2) is 6.04 Å². The van der Waals surface area contributed by atoms with Gasteiger partial charge in [0.2, 0.25) is 0 Å². The van der Waals surface area contributed by atoms with Gasteiger partial charge in [-0.15, -0.1) is 0 Å². The molecule has 0 aromatic carbocycles. The zero-order chi connectivity index (χ0) is 7.40. The monoisotopic (exact) mass is 134 g/mol. The van der Waals surface area contributed by atoms with Crippen LogP contribution in [0.3, 0.4) is 0 Å². The summed E-state index contributed by atoms with van der Waals surface area (Å²) >= 11 is 0. The summed E-state index contributed by atoms with van der Waals surface area (Å²) in [7, 11) is 0. The highest BCUT2D eigenvalue weighted by Crippen LogP contribution is 2.07. The Morgan fingerprint density at radius 2 is 2.60 bits per heavy atom. The largest absolute Gasteiger partial charge is 0.385 e. The molecule has 1 aliphatic rings. The lowest BCUT2D eigenvalue weighted by atomic mass is 10.1. The molecular weight excluding hydrogens is 124 g/mol. The number of rotatable bonds is 1. The maximum absolute atomic E-state index is 8.36. The van der Waals surface area contributed by atoms with Gasteiger partial charge in [-0.1, -0.05) is 6.08 Å². The van der Waals surface area contributed by atoms with Crippen LogP contribution in [0.4, 0.5) is 0 Å². The fourth-order valence-electron chi connectivity index (χ4n) is 0.941. The number of nitrogens with zero attached hydrogens (tertiary/aromatic N) is 1. The predicted molar refractivity (Wildman–Crippen MR) is 40.1 cm³/mol. The molecule has 0 aliphatic carbocycles. The van der Waals surface area contributed by atoms with Crippen molar-refractivity contribution in [3.8, 4) is 6.07 Å². The summed E-state index contributed by atoms with van der Waals surface area (Å²) in [6.45, 7) is 2.06. The van der Waals surface area contributed by atoms with E-state index in [0.717, 1.165) is 5.57 Å². The van der Waals surface area contributed by atoms with Crippen LogP contribution in [0.2, 0.25) is 0 Å². The van der Waals surface area contributed by atoms with Crippen molar-refractivity contribution in [3.05, 3.63) is 23.9 Å². The van der Waals surface area contributed by atoms with Crippen molar-refractivity contribution >= 4 is 0 Å². The van der Waals surface area contributed by atoms with Gasteiger partial charge in [0.05, 0.1) is 12.5 Å². The molecular formula is C8H10N2. The van der Waals surface area contributed by atoms with Gasteiger partial charge in [0, 0.05) is 6.04 Å². The van der Waals surface area contributed by atoms with Gasteiger partial charge in [-0.2, -0.15) is 5.26 Å². The van der Waals surface area contributed by atoms with E-state index in [-0.39, 0.29) is 0 Å². The first-order chi connectivity index (χ1) is 4.83. The van der Waals surface area contributed by atoms with Gasteiger partial charge in [0.1, 0.15) is 0 Å². The van der Waals surface area contributed by atoms with E-state index in [0.29, 0.717) is 12.5 Å². The van der Waals surface area contributed by atoms with Crippen LogP contribution in [-0.2, 0) is 0 Å². The fourth-order valence-corrected chi connectivity index (χ4v) is 0.941. The number of hydrogen-bond acceptors (Lipinski definition) is 2. The van der Waals surface area contributed by atoms with E-state index in [1.54, 1.807) is 0 Å². The molecule has 0 bridgehead atoms. The van der Waals surface area contributed by atoms with Crippen molar-refractivity contribution in [3.63, 3.8) is 0 Å². The summed E-state index contributed by atoms with van der Waals surface area (Å²) in [5, 5.41) is 11.5. The maximum Gasteiger partial charge on any atom is 0.0669 e. The van der Waals surface area contributed by atoms with Crippen LogP contribution >= 0.6 is 0 Å². The highest BCUT2D eigenvalue weighted by molar-refractivity contribution is 5.26. The summed E-state index contributed by atoms with van der Waals surface area (Å²) in [5.41, 5.74) is 1.11. The standard InChI is InChI=1S/C8H10N2/c1-7-6-8(2-4-9)3-5-10-7/h3,5-7,10H,2H2,1H3. The second-order valence-electron chi connectivity index (χ2n) is 2.37. The third-order valence-electron chi connectivity index (χ3n) is 1.40. The van der Waals surface area contributed by atoms with Crippen molar-refractivity contribution in [2.75, 3.05) is 0 Å². The molecule has 0 radical (unpaired) electrons. The average Bonchev–Trinajstić information content (AvgIpc) is 1.88. The van der Waals surface area contributed by atoms with Crippen LogP contribution < -0.4 is 5.32 Å². The zero-order valence-corrected chi connectivity index (χ0v) is 5.96. The van der Waals surface area contributed by atoms with E-state index in [1.807, 2.05) is 12.3 Å². The molecule has 0 saturated heterocycles. The van der Waals surface area contributed by atoms with Crippen LogP contribution in [0.5, 0.6) is 0 Å². The van der Waals surface area contributed by atoms with Crippen LogP contribution in [0.15, 0.2) is 23.9 Å². The Morgan fingerprint density at radius 1 is 1.80 bits per heavy atom. The summed E-state index contributed by atoms with van der Waals surface area (Å²) in [5.74, 6) is 0. The topological polar surface area (TPSA) is 35.8 Å². The number of hydrogen-bond donors (Lipinski definition) is 1. The minimum Gasteiger partial charge on any atom is -0.385 e. The summed E-state index contributed by atoms with van der Waals surface area (Å²) in [6, 6.07) is 2.48. The lowest BCUT2D eigenvalue weighted by Crippen LogP contribution is -2.20. The first-order valence-corrected chi connectivity index (χ1v) is 3.33. The van der Waals surface area contributed by atoms with Crippen molar-refractivity contribution in [1.82, 2.24) is 5.32 Å². The van der Waals surface area contributed by atoms with E-state index in [9.17, 15) is 0 Å². The first-order valence-electron chi connectivity index (χ1n) is 3.33. The molecule has 1 N–H and O–H groups in total. The SMILES string of the molecule is CC1C=C(CC#N)C=CN1. The molecule has 2 nitrogen and oxygen atoms in total. The van der Waals surface area contributed by atoms with Crippen molar-refractivity contribution < 1.29 is 0 Å². The smallest absolute Gasteiger partial charge is 0.0669 e. The van der Waals surface area contributed by atoms with Gasteiger partial charge < -0.3 is 5.32 Å². The fraction of sp³-hybridized carbons (Fsp3) is 0.375. The second kappa shape index (κ2) is 3.07. The number of dihydropyridines is 1. The maximum atomic E-state index is 8.36. The van der Waals surface area contributed by atoms with Gasteiger partial charge in [-0.3, -0.25) is 0 Å². The van der Waals surface area contributed by atoms with Crippen molar-refractivity contribution in [1.29, 1.82) is 5.26 Å². The molecule has 1 heterocycles. The molecule has 0 aromatic rings. The molecule has 2 heteroatoms. The van der Waals surface area contributed by atoms with Crippen LogP contribution in [0, 0.1) is 11.3 Å². The normalized spacial score (nSPS) is 22.8. The molecule has 0 saturated carbocycles. The van der Waals surface area contributed by atoms with Crippen LogP contribution in [0.1, 0.15) is 13.3 Å². The van der Waals surface area contributed by atoms with E-state index in [4.69, 9.17) is 5.26 Å². The zero-order valence-electron chi connectivity index (χ0n) is 5.96. The predicted octanol–water partition coefficient (Wildman–Crippen LogP) is 1.33. The number of allylic oxidation sites excluding steroid dienone is 2. The molecule has 1 atom stereocenters. The van der Waals surface area contributed by atoms with Gasteiger partial charge in [0.25, 0.3) is 0 Å². The Hall–Kier alpha value is -1.23. The Bertz CT molecular complexity index is 208. The first kappa shape index (κ1) is 6.88. The van der Waals surface area contributed by atoms with E-state index in [1.165, 1.54) is 0 Å². The van der Waals surface area contributed by atoms with Crippen molar-refractivity contribution in [2.24, 2.45) is 0 Å². The molecule has 1 aliphatic heterocycles. The molecule has 10 heavy (non-hydrogen) atoms. The molecule has 0 amide bonds. The summed E-state index contributed by atoms with van der Waals surface area (Å²) in [6.07, 6.45) is 6.40. The Balaban J connectivity index is 2.59. The highest BCUT2D eigenvalue weighted by Gasteiger charge is 2.00. The van der Waals surface area contributed by atoms with Crippen molar-refractivity contribution in [2.45, 2.75) is 19.4 Å². The Labute approximate surface area is 60.9 Å². The second-order valence-corrected chi connectivity index (χ2v) is 2.37. The van der Waals surface area contributed by atoms with Gasteiger partial charge in [-0.25, -0.2) is 0 Å². The highest BCUT2D eigenvalue weighted by atomic mass is 14.9. The summed E-state index contributed by atoms with van der Waals surface area (Å²) < 4.78 is 0. The average molecular weight is 134 g/mol. The molecule has 52 valence electrons. The quantitative estimate of drug-likeness (QED) is 0.587. The minimum atomic E-state index is 0.369. The number of nitrogens with one attached hydrogen (secondary N) is 1. The molecule has 0 spiro atoms. The third-order valence-corrected chi connectivity index (χ3v) is 1.40. The lowest BCUT2D eigenvalue weighted by molar-refractivity contribution is 0.751. The van der Waals surface area contributed by atoms with E-state index >= 15 is 0 Å². The molecule has 1 unspecified atom stereocenters. The third kappa shape index (κ3) is 1.63. The molecule has 0 fully saturated rings. The number of nitriles is 1. The van der Waals surface area contributed by atoms with E-state index < -0.39 is 0 Å². The van der Waals surface area contributed by atoms with Gasteiger partial charge in [-0.05, 0) is 24.8 Å². The van der Waals surface area contributed by atoms with Crippen LogP contribution in [0.25, 0.3) is 0 Å². The molecule has 0 aromatic heterocycles. The lowest BCUT2D eigenvalue weighted by Gasteiger charge is -2.12. The van der Waals surface area contributed by atoms with Gasteiger partial charge in [0.15, 0.2) is 0 Å². The van der Waals surface area contributed by atoms with E-state index in [2.05, 4.69) is 24.4 Å². The Kier molecular flexibility index (Phi) is 2.11. The summed E-state index contributed by atoms with van der Waals surface area (Å²) in [4.78, 5) is 0. The molecule has 1 rings (SSSR count).